The quantitative estimate of drug-likeness (QED) is 0.769. The van der Waals surface area contributed by atoms with Crippen LogP contribution in [-0.4, -0.2) is 47.2 Å². The molecule has 1 fully saturated rings. The maximum atomic E-state index is 13.0. The lowest BCUT2D eigenvalue weighted by atomic mass is 10.1. The first-order valence-corrected chi connectivity index (χ1v) is 8.99. The molecular formula is C20H19ClN4O. The first-order valence-electron chi connectivity index (χ1n) is 8.61. The molecule has 0 aliphatic carbocycles. The van der Waals surface area contributed by atoms with E-state index in [1.54, 1.807) is 6.20 Å². The highest BCUT2D eigenvalue weighted by Crippen LogP contribution is 2.25. The minimum atomic E-state index is 0.0106. The van der Waals surface area contributed by atoms with E-state index in [-0.39, 0.29) is 5.91 Å². The lowest BCUT2D eigenvalue weighted by Crippen LogP contribution is -2.48. The number of hydrogen-bond acceptors (Lipinski definition) is 3. The molecule has 5 nitrogen and oxygen atoms in total. The number of aromatic nitrogens is 2. The number of H-pyrrole nitrogens is 1. The fourth-order valence-electron chi connectivity index (χ4n) is 3.26. The van der Waals surface area contributed by atoms with E-state index >= 15 is 0 Å². The average molecular weight is 367 g/mol. The van der Waals surface area contributed by atoms with Gasteiger partial charge in [-0.05, 0) is 24.3 Å². The molecule has 0 unspecified atom stereocenters. The minimum absolute atomic E-state index is 0.0106. The molecule has 1 N–H and O–H groups in total. The highest BCUT2D eigenvalue weighted by Gasteiger charge is 2.25. The summed E-state index contributed by atoms with van der Waals surface area (Å²) in [5.41, 5.74) is 3.43. The normalized spacial score (nSPS) is 14.5. The number of benzene rings is 2. The number of para-hydroxylation sites is 1. The minimum Gasteiger partial charge on any atom is -0.368 e. The molecule has 3 aromatic rings. The maximum Gasteiger partial charge on any atom is 0.257 e. The zero-order valence-electron chi connectivity index (χ0n) is 14.2. The van der Waals surface area contributed by atoms with E-state index in [0.29, 0.717) is 23.7 Å². The number of amides is 1. The number of piperazine rings is 1. The van der Waals surface area contributed by atoms with E-state index in [4.69, 9.17) is 11.6 Å². The highest BCUT2D eigenvalue weighted by atomic mass is 35.5. The monoisotopic (exact) mass is 366 g/mol. The van der Waals surface area contributed by atoms with Crippen LogP contribution in [0.15, 0.2) is 60.8 Å². The van der Waals surface area contributed by atoms with Gasteiger partial charge >= 0.3 is 0 Å². The Hall–Kier alpha value is -2.79. The summed E-state index contributed by atoms with van der Waals surface area (Å²) in [5, 5.41) is 7.69. The number of hydrogen-bond donors (Lipinski definition) is 1. The number of nitrogens with one attached hydrogen (secondary N) is 1. The summed E-state index contributed by atoms with van der Waals surface area (Å²) in [5.74, 6) is 0.0106. The van der Waals surface area contributed by atoms with Crippen LogP contribution in [0.4, 0.5) is 5.69 Å². The molecule has 0 bridgehead atoms. The molecule has 0 saturated carbocycles. The standard InChI is InChI=1S/C20H19ClN4O/c21-16-8-6-15(7-9-16)19-18(14-22-23-19)20(26)25-12-10-24(11-13-25)17-4-2-1-3-5-17/h1-9,14H,10-13H2,(H,22,23). The topological polar surface area (TPSA) is 52.2 Å². The molecule has 2 heterocycles. The molecule has 4 rings (SSSR count). The number of carbonyl (C=O) groups is 1. The number of halogens is 1. The Morgan fingerprint density at radius 2 is 1.65 bits per heavy atom. The smallest absolute Gasteiger partial charge is 0.257 e. The summed E-state index contributed by atoms with van der Waals surface area (Å²) < 4.78 is 0. The van der Waals surface area contributed by atoms with Crippen LogP contribution in [0.25, 0.3) is 11.3 Å². The molecule has 6 heteroatoms. The van der Waals surface area contributed by atoms with Gasteiger partial charge in [0.1, 0.15) is 0 Å². The van der Waals surface area contributed by atoms with Gasteiger partial charge in [0.25, 0.3) is 5.91 Å². The van der Waals surface area contributed by atoms with Gasteiger partial charge in [-0.15, -0.1) is 0 Å². The molecule has 1 amide bonds. The summed E-state index contributed by atoms with van der Waals surface area (Å²) in [6, 6.07) is 17.7. The average Bonchev–Trinajstić information content (AvgIpc) is 3.19. The van der Waals surface area contributed by atoms with Gasteiger partial charge in [-0.25, -0.2) is 0 Å². The summed E-state index contributed by atoms with van der Waals surface area (Å²) in [6.07, 6.45) is 1.61. The number of rotatable bonds is 3. The first-order chi connectivity index (χ1) is 12.7. The molecule has 26 heavy (non-hydrogen) atoms. The van der Waals surface area contributed by atoms with Crippen LogP contribution >= 0.6 is 11.6 Å². The van der Waals surface area contributed by atoms with E-state index in [1.165, 1.54) is 5.69 Å². The Labute approximate surface area is 157 Å². The van der Waals surface area contributed by atoms with E-state index in [0.717, 1.165) is 24.3 Å². The first kappa shape index (κ1) is 16.7. The number of anilines is 1. The van der Waals surface area contributed by atoms with Crippen molar-refractivity contribution in [2.45, 2.75) is 0 Å². The lowest BCUT2D eigenvalue weighted by Gasteiger charge is -2.36. The predicted molar refractivity (Wildman–Crippen MR) is 104 cm³/mol. The van der Waals surface area contributed by atoms with E-state index < -0.39 is 0 Å². The zero-order chi connectivity index (χ0) is 17.9. The second-order valence-electron chi connectivity index (χ2n) is 6.28. The van der Waals surface area contributed by atoms with Crippen molar-refractivity contribution in [1.82, 2.24) is 15.1 Å². The molecule has 1 aromatic heterocycles. The number of aromatic amines is 1. The van der Waals surface area contributed by atoms with Crippen LogP contribution in [0, 0.1) is 0 Å². The SMILES string of the molecule is O=C(c1cn[nH]c1-c1ccc(Cl)cc1)N1CCN(c2ccccc2)CC1. The second kappa shape index (κ2) is 7.22. The molecule has 132 valence electrons. The molecule has 0 radical (unpaired) electrons. The van der Waals surface area contributed by atoms with E-state index in [1.807, 2.05) is 47.4 Å². The Morgan fingerprint density at radius 3 is 2.35 bits per heavy atom. The second-order valence-corrected chi connectivity index (χ2v) is 6.72. The Bertz CT molecular complexity index is 884. The van der Waals surface area contributed by atoms with Crippen LogP contribution in [-0.2, 0) is 0 Å². The van der Waals surface area contributed by atoms with Gasteiger partial charge in [0.15, 0.2) is 0 Å². The van der Waals surface area contributed by atoms with Crippen molar-refractivity contribution in [3.05, 3.63) is 71.4 Å². The third-order valence-electron chi connectivity index (χ3n) is 4.69. The summed E-state index contributed by atoms with van der Waals surface area (Å²) in [6.45, 7) is 3.03. The molecular weight excluding hydrogens is 348 g/mol. The van der Waals surface area contributed by atoms with Gasteiger partial charge in [0.2, 0.25) is 0 Å². The van der Waals surface area contributed by atoms with E-state index in [9.17, 15) is 4.79 Å². The molecule has 1 aliphatic heterocycles. The molecule has 1 saturated heterocycles. The van der Waals surface area contributed by atoms with Crippen LogP contribution < -0.4 is 4.90 Å². The van der Waals surface area contributed by atoms with Crippen molar-refractivity contribution in [3.63, 3.8) is 0 Å². The summed E-state index contributed by atoms with van der Waals surface area (Å²) >= 11 is 5.96. The largest absolute Gasteiger partial charge is 0.368 e. The number of carbonyl (C=O) groups excluding carboxylic acids is 1. The lowest BCUT2D eigenvalue weighted by molar-refractivity contribution is 0.0747. The van der Waals surface area contributed by atoms with Crippen molar-refractivity contribution < 1.29 is 4.79 Å². The van der Waals surface area contributed by atoms with Crippen LogP contribution in [0.1, 0.15) is 10.4 Å². The van der Waals surface area contributed by atoms with Crippen LogP contribution in [0.3, 0.4) is 0 Å². The van der Waals surface area contributed by atoms with Crippen molar-refractivity contribution in [1.29, 1.82) is 0 Å². The van der Waals surface area contributed by atoms with Crippen molar-refractivity contribution in [2.24, 2.45) is 0 Å². The van der Waals surface area contributed by atoms with Gasteiger partial charge in [0.05, 0.1) is 17.5 Å². The zero-order valence-corrected chi connectivity index (χ0v) is 15.0. The van der Waals surface area contributed by atoms with Gasteiger partial charge in [0, 0.05) is 42.5 Å². The Balaban J connectivity index is 1.48. The Morgan fingerprint density at radius 1 is 0.962 bits per heavy atom. The number of nitrogens with zero attached hydrogens (tertiary/aromatic N) is 3. The highest BCUT2D eigenvalue weighted by molar-refractivity contribution is 6.30. The maximum absolute atomic E-state index is 13.0. The third kappa shape index (κ3) is 3.30. The molecule has 2 aromatic carbocycles. The predicted octanol–water partition coefficient (Wildman–Crippen LogP) is 3.69. The van der Waals surface area contributed by atoms with Crippen molar-refractivity contribution in [2.75, 3.05) is 31.1 Å². The van der Waals surface area contributed by atoms with Crippen molar-refractivity contribution >= 4 is 23.2 Å². The van der Waals surface area contributed by atoms with Crippen LogP contribution in [0.5, 0.6) is 0 Å². The molecule has 1 aliphatic rings. The van der Waals surface area contributed by atoms with Gasteiger partial charge in [-0.1, -0.05) is 41.9 Å². The fraction of sp³-hybridized carbons (Fsp3) is 0.200. The van der Waals surface area contributed by atoms with Gasteiger partial charge in [-0.2, -0.15) is 5.10 Å². The molecule has 0 spiro atoms. The van der Waals surface area contributed by atoms with Gasteiger partial charge < -0.3 is 9.80 Å². The summed E-state index contributed by atoms with van der Waals surface area (Å²) in [7, 11) is 0. The fourth-order valence-corrected chi connectivity index (χ4v) is 3.39. The van der Waals surface area contributed by atoms with Gasteiger partial charge in [-0.3, -0.25) is 9.89 Å². The third-order valence-corrected chi connectivity index (χ3v) is 4.94. The summed E-state index contributed by atoms with van der Waals surface area (Å²) in [4.78, 5) is 17.2. The van der Waals surface area contributed by atoms with Crippen LogP contribution in [0.2, 0.25) is 5.02 Å². The van der Waals surface area contributed by atoms with Crippen molar-refractivity contribution in [3.8, 4) is 11.3 Å². The Kier molecular flexibility index (Phi) is 4.63. The van der Waals surface area contributed by atoms with E-state index in [2.05, 4.69) is 27.2 Å². The molecule has 0 atom stereocenters.